The topological polar surface area (TPSA) is 109 Å². The first-order valence-corrected chi connectivity index (χ1v) is 14.5. The SMILES string of the molecule is CCCCC1CCN(Nc2nc(NC3CCC(N)CC3)nc3c2ncn3C2CCCC2)CC1.CNC. The Morgan fingerprint density at radius 3 is 2.33 bits per heavy atom. The van der Waals surface area contributed by atoms with Crippen molar-refractivity contribution in [2.45, 2.75) is 109 Å². The first-order valence-electron chi connectivity index (χ1n) is 14.5. The van der Waals surface area contributed by atoms with Crippen molar-refractivity contribution in [3.8, 4) is 0 Å². The van der Waals surface area contributed by atoms with Gasteiger partial charge < -0.3 is 26.4 Å². The molecule has 3 fully saturated rings. The smallest absolute Gasteiger partial charge is 0.227 e. The summed E-state index contributed by atoms with van der Waals surface area (Å²) in [5.41, 5.74) is 11.6. The number of rotatable bonds is 8. The molecule has 3 heterocycles. The molecule has 0 atom stereocenters. The maximum atomic E-state index is 6.12. The molecule has 0 spiro atoms. The molecule has 9 nitrogen and oxygen atoms in total. The monoisotopic (exact) mass is 499 g/mol. The molecule has 0 amide bonds. The van der Waals surface area contributed by atoms with E-state index in [1.807, 2.05) is 20.4 Å². The van der Waals surface area contributed by atoms with Crippen LogP contribution in [0, 0.1) is 5.92 Å². The second-order valence-corrected chi connectivity index (χ2v) is 11.1. The van der Waals surface area contributed by atoms with Crippen molar-refractivity contribution in [2.75, 3.05) is 37.9 Å². The summed E-state index contributed by atoms with van der Waals surface area (Å²) in [6.45, 7) is 4.41. The van der Waals surface area contributed by atoms with Crippen LogP contribution in [0.5, 0.6) is 0 Å². The zero-order valence-corrected chi connectivity index (χ0v) is 22.8. The summed E-state index contributed by atoms with van der Waals surface area (Å²) in [5, 5.41) is 8.72. The van der Waals surface area contributed by atoms with Crippen LogP contribution in [0.4, 0.5) is 11.8 Å². The van der Waals surface area contributed by atoms with Crippen LogP contribution in [0.3, 0.4) is 0 Å². The Bertz CT molecular complexity index is 907. The average molecular weight is 500 g/mol. The van der Waals surface area contributed by atoms with Crippen molar-refractivity contribution >= 4 is 22.9 Å². The van der Waals surface area contributed by atoms with Gasteiger partial charge in [-0.25, -0.2) is 9.99 Å². The van der Waals surface area contributed by atoms with E-state index in [1.54, 1.807) is 0 Å². The number of fused-ring (bicyclic) bond motifs is 1. The fraction of sp³-hybridized carbons (Fsp3) is 0.815. The number of anilines is 2. The van der Waals surface area contributed by atoms with Gasteiger partial charge >= 0.3 is 0 Å². The molecule has 5 rings (SSSR count). The number of nitrogens with zero attached hydrogens (tertiary/aromatic N) is 5. The lowest BCUT2D eigenvalue weighted by Gasteiger charge is -2.32. The van der Waals surface area contributed by atoms with Crippen LogP contribution >= 0.6 is 0 Å². The normalized spacial score (nSPS) is 24.0. The first-order chi connectivity index (χ1) is 17.6. The molecule has 1 aliphatic heterocycles. The summed E-state index contributed by atoms with van der Waals surface area (Å²) in [4.78, 5) is 14.7. The predicted molar refractivity (Wildman–Crippen MR) is 149 cm³/mol. The molecule has 0 bridgehead atoms. The maximum absolute atomic E-state index is 6.12. The third-order valence-corrected chi connectivity index (χ3v) is 8.09. The van der Waals surface area contributed by atoms with Crippen LogP contribution in [-0.2, 0) is 0 Å². The van der Waals surface area contributed by atoms with Gasteiger partial charge in [-0.2, -0.15) is 9.97 Å². The van der Waals surface area contributed by atoms with Crippen LogP contribution in [-0.4, -0.2) is 63.8 Å². The van der Waals surface area contributed by atoms with E-state index in [-0.39, 0.29) is 0 Å². The molecule has 1 saturated heterocycles. The third-order valence-electron chi connectivity index (χ3n) is 8.09. The van der Waals surface area contributed by atoms with Gasteiger partial charge in [0.25, 0.3) is 0 Å². The molecule has 0 aromatic carbocycles. The minimum absolute atomic E-state index is 0.340. The van der Waals surface area contributed by atoms with Crippen molar-refractivity contribution in [1.82, 2.24) is 29.8 Å². The summed E-state index contributed by atoms with van der Waals surface area (Å²) in [6, 6.07) is 1.24. The van der Waals surface area contributed by atoms with Crippen molar-refractivity contribution in [2.24, 2.45) is 11.7 Å². The molecule has 0 unspecified atom stereocenters. The van der Waals surface area contributed by atoms with Crippen molar-refractivity contribution in [1.29, 1.82) is 0 Å². The van der Waals surface area contributed by atoms with Crippen LogP contribution in [0.15, 0.2) is 6.33 Å². The van der Waals surface area contributed by atoms with Crippen LogP contribution in [0.2, 0.25) is 0 Å². The fourth-order valence-electron chi connectivity index (χ4n) is 5.93. The van der Waals surface area contributed by atoms with E-state index < -0.39 is 0 Å². The molecule has 2 saturated carbocycles. The van der Waals surface area contributed by atoms with E-state index >= 15 is 0 Å². The zero-order chi connectivity index (χ0) is 25.3. The minimum Gasteiger partial charge on any atom is -0.351 e. The number of hydrogen-bond donors (Lipinski definition) is 4. The highest BCUT2D eigenvalue weighted by molar-refractivity contribution is 5.84. The summed E-state index contributed by atoms with van der Waals surface area (Å²) < 4.78 is 2.30. The number of imidazole rings is 1. The van der Waals surface area contributed by atoms with Gasteiger partial charge in [0.05, 0.1) is 6.33 Å². The number of aromatic nitrogens is 4. The van der Waals surface area contributed by atoms with Crippen molar-refractivity contribution in [3.05, 3.63) is 6.33 Å². The summed E-state index contributed by atoms with van der Waals surface area (Å²) in [7, 11) is 3.75. The van der Waals surface area contributed by atoms with Gasteiger partial charge in [-0.05, 0) is 71.4 Å². The lowest BCUT2D eigenvalue weighted by Crippen LogP contribution is -2.38. The molecular weight excluding hydrogens is 450 g/mol. The molecule has 36 heavy (non-hydrogen) atoms. The number of hydrogen-bond acceptors (Lipinski definition) is 8. The highest BCUT2D eigenvalue weighted by atomic mass is 15.5. The second-order valence-electron chi connectivity index (χ2n) is 11.1. The van der Waals surface area contributed by atoms with E-state index in [1.165, 1.54) is 57.8 Å². The molecule has 202 valence electrons. The number of nitrogens with two attached hydrogens (primary N) is 1. The number of nitrogens with one attached hydrogen (secondary N) is 3. The minimum atomic E-state index is 0.340. The number of hydrazine groups is 1. The highest BCUT2D eigenvalue weighted by Crippen LogP contribution is 2.34. The number of piperidine rings is 1. The lowest BCUT2D eigenvalue weighted by atomic mass is 9.92. The average Bonchev–Trinajstić information content (AvgIpc) is 3.56. The molecule has 2 aromatic heterocycles. The summed E-state index contributed by atoms with van der Waals surface area (Å²) >= 11 is 0. The van der Waals surface area contributed by atoms with Crippen molar-refractivity contribution < 1.29 is 0 Å². The molecule has 3 aliphatic rings. The predicted octanol–water partition coefficient (Wildman–Crippen LogP) is 4.69. The quantitative estimate of drug-likeness (QED) is 0.414. The summed E-state index contributed by atoms with van der Waals surface area (Å²) in [6.07, 6.45) is 17.8. The first kappa shape index (κ1) is 27.1. The Hall–Kier alpha value is -1.97. The van der Waals surface area contributed by atoms with E-state index in [9.17, 15) is 0 Å². The van der Waals surface area contributed by atoms with E-state index in [4.69, 9.17) is 20.7 Å². The highest BCUT2D eigenvalue weighted by Gasteiger charge is 2.25. The van der Waals surface area contributed by atoms with Gasteiger partial charge in [0.1, 0.15) is 0 Å². The van der Waals surface area contributed by atoms with Crippen LogP contribution < -0.4 is 21.8 Å². The Kier molecular flexibility index (Phi) is 10.2. The molecule has 0 radical (unpaired) electrons. The Morgan fingerprint density at radius 2 is 1.67 bits per heavy atom. The fourth-order valence-corrected chi connectivity index (χ4v) is 5.93. The molecule has 9 heteroatoms. The van der Waals surface area contributed by atoms with E-state index in [0.717, 1.165) is 67.6 Å². The van der Waals surface area contributed by atoms with Crippen LogP contribution in [0.1, 0.15) is 96.4 Å². The standard InChI is InChI=1S/C25H42N8.C2H7N/c1-2-3-6-18-13-15-32(16-14-18)31-23-22-24(33(17-27-22)21-7-4-5-8-21)30-25(29-23)28-20-11-9-19(26)10-12-20;1-3-2/h17-21H,2-16,26H2,1H3,(H2,28,29,30,31);3H,1-2H3. The Morgan fingerprint density at radius 1 is 0.972 bits per heavy atom. The van der Waals surface area contributed by atoms with Gasteiger partial charge in [-0.1, -0.05) is 39.0 Å². The second kappa shape index (κ2) is 13.5. The third kappa shape index (κ3) is 7.07. The molecule has 5 N–H and O–H groups in total. The van der Waals surface area contributed by atoms with Gasteiger partial charge in [0.2, 0.25) is 5.95 Å². The molecule has 2 aromatic rings. The molecule has 2 aliphatic carbocycles. The Labute approximate surface area is 217 Å². The lowest BCUT2D eigenvalue weighted by molar-refractivity contribution is 0.207. The van der Waals surface area contributed by atoms with E-state index in [2.05, 4.69) is 32.6 Å². The number of unbranched alkanes of at least 4 members (excludes halogenated alkanes) is 1. The van der Waals surface area contributed by atoms with Gasteiger partial charge in [-0.3, -0.25) is 0 Å². The summed E-state index contributed by atoms with van der Waals surface area (Å²) in [5.74, 6) is 2.44. The Balaban J connectivity index is 0.000000967. The van der Waals surface area contributed by atoms with Gasteiger partial charge in [0.15, 0.2) is 17.0 Å². The molecular formula is C27H49N9. The van der Waals surface area contributed by atoms with Crippen LogP contribution in [0.25, 0.3) is 11.2 Å². The maximum Gasteiger partial charge on any atom is 0.227 e. The van der Waals surface area contributed by atoms with Crippen molar-refractivity contribution in [3.63, 3.8) is 0 Å². The zero-order valence-electron chi connectivity index (χ0n) is 22.8. The largest absolute Gasteiger partial charge is 0.351 e. The van der Waals surface area contributed by atoms with Gasteiger partial charge in [-0.15, -0.1) is 0 Å². The van der Waals surface area contributed by atoms with Gasteiger partial charge in [0, 0.05) is 31.2 Å². The van der Waals surface area contributed by atoms with E-state index in [0.29, 0.717) is 18.1 Å².